The molecule has 0 aliphatic rings. The monoisotopic (exact) mass is 161 g/mol. The smallest absolute Gasteiger partial charge is 0.0482 e. The quantitative estimate of drug-likeness (QED) is 0.718. The zero-order valence-corrected chi connectivity index (χ0v) is 7.67. The van der Waals surface area contributed by atoms with Crippen molar-refractivity contribution in [2.75, 3.05) is 0 Å². The summed E-state index contributed by atoms with van der Waals surface area (Å²) in [5.74, 6) is 0. The third-order valence-electron chi connectivity index (χ3n) is 1.76. The standard InChI is InChI=1S/C11H15N/c1-9(2)12-10(3)11-7-5-4-6-8-11/h4-8,10,12H,1H2,2-3H3. The molecule has 0 spiro atoms. The van der Waals surface area contributed by atoms with Crippen molar-refractivity contribution >= 4 is 0 Å². The molecule has 0 aliphatic heterocycles. The van der Waals surface area contributed by atoms with Crippen molar-refractivity contribution in [2.45, 2.75) is 19.9 Å². The Labute approximate surface area is 74.1 Å². The van der Waals surface area contributed by atoms with E-state index in [2.05, 4.69) is 31.0 Å². The molecule has 12 heavy (non-hydrogen) atoms. The number of allylic oxidation sites excluding steroid dienone is 1. The first-order valence-electron chi connectivity index (χ1n) is 4.17. The molecule has 1 atom stereocenters. The molecule has 1 aromatic carbocycles. The van der Waals surface area contributed by atoms with Gasteiger partial charge in [0.15, 0.2) is 0 Å². The zero-order valence-electron chi connectivity index (χ0n) is 7.67. The molecule has 0 heterocycles. The maximum absolute atomic E-state index is 3.81. The summed E-state index contributed by atoms with van der Waals surface area (Å²) in [6.45, 7) is 7.91. The summed E-state index contributed by atoms with van der Waals surface area (Å²) in [6.07, 6.45) is 0. The van der Waals surface area contributed by atoms with Crippen LogP contribution in [0.1, 0.15) is 25.5 Å². The minimum absolute atomic E-state index is 0.351. The van der Waals surface area contributed by atoms with Gasteiger partial charge < -0.3 is 5.32 Å². The largest absolute Gasteiger partial charge is 0.383 e. The minimum Gasteiger partial charge on any atom is -0.383 e. The maximum atomic E-state index is 3.81. The van der Waals surface area contributed by atoms with Gasteiger partial charge >= 0.3 is 0 Å². The van der Waals surface area contributed by atoms with Gasteiger partial charge in [0.05, 0.1) is 0 Å². The van der Waals surface area contributed by atoms with E-state index in [-0.39, 0.29) is 0 Å². The van der Waals surface area contributed by atoms with Crippen LogP contribution in [0.25, 0.3) is 0 Å². The fraction of sp³-hybridized carbons (Fsp3) is 0.273. The highest BCUT2D eigenvalue weighted by Crippen LogP contribution is 2.11. The van der Waals surface area contributed by atoms with Crippen molar-refractivity contribution in [3.05, 3.63) is 48.2 Å². The topological polar surface area (TPSA) is 12.0 Å². The van der Waals surface area contributed by atoms with Crippen LogP contribution in [0, 0.1) is 0 Å². The van der Waals surface area contributed by atoms with Crippen molar-refractivity contribution in [1.29, 1.82) is 0 Å². The van der Waals surface area contributed by atoms with Crippen LogP contribution in [-0.4, -0.2) is 0 Å². The molecule has 0 fully saturated rings. The van der Waals surface area contributed by atoms with Crippen molar-refractivity contribution in [3.63, 3.8) is 0 Å². The van der Waals surface area contributed by atoms with E-state index in [1.54, 1.807) is 0 Å². The number of hydrogen-bond acceptors (Lipinski definition) is 1. The summed E-state index contributed by atoms with van der Waals surface area (Å²) in [4.78, 5) is 0. The number of nitrogens with one attached hydrogen (secondary N) is 1. The summed E-state index contributed by atoms with van der Waals surface area (Å²) < 4.78 is 0. The molecule has 0 amide bonds. The normalized spacial score (nSPS) is 12.2. The van der Waals surface area contributed by atoms with Crippen molar-refractivity contribution in [2.24, 2.45) is 0 Å². The van der Waals surface area contributed by atoms with Crippen LogP contribution in [0.3, 0.4) is 0 Å². The van der Waals surface area contributed by atoms with Gasteiger partial charge in [-0.3, -0.25) is 0 Å². The van der Waals surface area contributed by atoms with Crippen LogP contribution < -0.4 is 5.32 Å². The van der Waals surface area contributed by atoms with Gasteiger partial charge in [-0.2, -0.15) is 0 Å². The van der Waals surface area contributed by atoms with Gasteiger partial charge in [0, 0.05) is 11.7 Å². The van der Waals surface area contributed by atoms with Crippen LogP contribution in [0.4, 0.5) is 0 Å². The first-order chi connectivity index (χ1) is 5.70. The summed E-state index contributed by atoms with van der Waals surface area (Å²) in [6, 6.07) is 10.7. The predicted octanol–water partition coefficient (Wildman–Crippen LogP) is 2.87. The second-order valence-electron chi connectivity index (χ2n) is 3.06. The van der Waals surface area contributed by atoms with Gasteiger partial charge in [0.2, 0.25) is 0 Å². The van der Waals surface area contributed by atoms with Crippen molar-refractivity contribution in [1.82, 2.24) is 5.32 Å². The summed E-state index contributed by atoms with van der Waals surface area (Å²) in [5.41, 5.74) is 2.30. The van der Waals surface area contributed by atoms with E-state index in [1.807, 2.05) is 25.1 Å². The molecule has 0 bridgehead atoms. The van der Waals surface area contributed by atoms with Crippen LogP contribution in [0.2, 0.25) is 0 Å². The Morgan fingerprint density at radius 3 is 2.42 bits per heavy atom. The Morgan fingerprint density at radius 2 is 1.92 bits per heavy atom. The highest BCUT2D eigenvalue weighted by molar-refractivity contribution is 5.19. The van der Waals surface area contributed by atoms with E-state index in [0.717, 1.165) is 5.70 Å². The molecule has 1 heteroatoms. The molecule has 1 rings (SSSR count). The molecule has 0 aromatic heterocycles. The van der Waals surface area contributed by atoms with Gasteiger partial charge in [-0.25, -0.2) is 0 Å². The second kappa shape index (κ2) is 3.96. The van der Waals surface area contributed by atoms with Crippen LogP contribution in [0.5, 0.6) is 0 Å². The molecule has 1 N–H and O–H groups in total. The lowest BCUT2D eigenvalue weighted by Gasteiger charge is -2.14. The summed E-state index contributed by atoms with van der Waals surface area (Å²) in [7, 11) is 0. The first kappa shape index (κ1) is 8.85. The molecule has 64 valence electrons. The van der Waals surface area contributed by atoms with E-state index < -0.39 is 0 Å². The molecule has 1 aromatic rings. The van der Waals surface area contributed by atoms with E-state index in [1.165, 1.54) is 5.56 Å². The second-order valence-corrected chi connectivity index (χ2v) is 3.06. The number of hydrogen-bond donors (Lipinski definition) is 1. The van der Waals surface area contributed by atoms with Gasteiger partial charge in [0.25, 0.3) is 0 Å². The lowest BCUT2D eigenvalue weighted by atomic mass is 10.1. The van der Waals surface area contributed by atoms with E-state index in [0.29, 0.717) is 6.04 Å². The third-order valence-corrected chi connectivity index (χ3v) is 1.76. The van der Waals surface area contributed by atoms with Gasteiger partial charge in [-0.15, -0.1) is 0 Å². The van der Waals surface area contributed by atoms with Crippen molar-refractivity contribution < 1.29 is 0 Å². The fourth-order valence-corrected chi connectivity index (χ4v) is 1.19. The van der Waals surface area contributed by atoms with Crippen LogP contribution >= 0.6 is 0 Å². The lowest BCUT2D eigenvalue weighted by Crippen LogP contribution is -2.15. The molecule has 0 saturated heterocycles. The molecule has 1 unspecified atom stereocenters. The van der Waals surface area contributed by atoms with Gasteiger partial charge in [0.1, 0.15) is 0 Å². The average Bonchev–Trinajstić information content (AvgIpc) is 2.05. The lowest BCUT2D eigenvalue weighted by molar-refractivity contribution is 0.656. The SMILES string of the molecule is C=C(C)NC(C)c1ccccc1. The Bertz CT molecular complexity index is 251. The molecule has 1 nitrogen and oxygen atoms in total. The average molecular weight is 161 g/mol. The summed E-state index contributed by atoms with van der Waals surface area (Å²) in [5, 5.41) is 3.26. The van der Waals surface area contributed by atoms with Gasteiger partial charge in [-0.05, 0) is 19.4 Å². The molecular weight excluding hydrogens is 146 g/mol. The Hall–Kier alpha value is -1.24. The third kappa shape index (κ3) is 2.42. The number of benzene rings is 1. The van der Waals surface area contributed by atoms with E-state index in [4.69, 9.17) is 0 Å². The maximum Gasteiger partial charge on any atom is 0.0482 e. The number of rotatable bonds is 3. The van der Waals surface area contributed by atoms with Crippen LogP contribution in [0.15, 0.2) is 42.6 Å². The predicted molar refractivity (Wildman–Crippen MR) is 52.8 cm³/mol. The highest BCUT2D eigenvalue weighted by Gasteiger charge is 2.01. The summed E-state index contributed by atoms with van der Waals surface area (Å²) >= 11 is 0. The van der Waals surface area contributed by atoms with E-state index >= 15 is 0 Å². The Kier molecular flexibility index (Phi) is 2.92. The molecule has 0 radical (unpaired) electrons. The van der Waals surface area contributed by atoms with Crippen LogP contribution in [-0.2, 0) is 0 Å². The zero-order chi connectivity index (χ0) is 8.97. The fourth-order valence-electron chi connectivity index (χ4n) is 1.19. The minimum atomic E-state index is 0.351. The van der Waals surface area contributed by atoms with E-state index in [9.17, 15) is 0 Å². The molecule has 0 saturated carbocycles. The molecule has 0 aliphatic carbocycles. The first-order valence-corrected chi connectivity index (χ1v) is 4.17. The molecular formula is C11H15N. The van der Waals surface area contributed by atoms with Gasteiger partial charge in [-0.1, -0.05) is 36.9 Å². The van der Waals surface area contributed by atoms with Crippen molar-refractivity contribution in [3.8, 4) is 0 Å². The Morgan fingerprint density at radius 1 is 1.33 bits per heavy atom. The Balaban J connectivity index is 2.65. The highest BCUT2D eigenvalue weighted by atomic mass is 14.9.